The number of carbonyl (C=O) groups excluding carboxylic acids is 2. The van der Waals surface area contributed by atoms with E-state index in [0.717, 1.165) is 12.8 Å². The third kappa shape index (κ3) is 5.19. The summed E-state index contributed by atoms with van der Waals surface area (Å²) in [6.07, 6.45) is 1.50. The number of amides is 1. The molecule has 2 atom stereocenters. The lowest BCUT2D eigenvalue weighted by molar-refractivity contribution is -0.144. The van der Waals surface area contributed by atoms with Crippen LogP contribution >= 0.6 is 0 Å². The second-order valence-corrected chi connectivity index (χ2v) is 7.11. The third-order valence-electron chi connectivity index (χ3n) is 3.81. The van der Waals surface area contributed by atoms with Gasteiger partial charge < -0.3 is 19.7 Å². The van der Waals surface area contributed by atoms with Gasteiger partial charge in [-0.25, -0.2) is 4.79 Å². The second kappa shape index (κ2) is 7.86. The molecule has 1 aromatic rings. The summed E-state index contributed by atoms with van der Waals surface area (Å²) < 4.78 is 15.6. The van der Waals surface area contributed by atoms with Crippen molar-refractivity contribution in [2.45, 2.75) is 64.6 Å². The molecule has 0 spiro atoms. The molecular formula is C17H27N3O5. The van der Waals surface area contributed by atoms with Gasteiger partial charge in [0.05, 0.1) is 12.6 Å². The highest BCUT2D eigenvalue weighted by molar-refractivity contribution is 5.75. The van der Waals surface area contributed by atoms with Gasteiger partial charge in [-0.05, 0) is 40.5 Å². The van der Waals surface area contributed by atoms with Crippen molar-refractivity contribution < 1.29 is 23.6 Å². The van der Waals surface area contributed by atoms with E-state index in [2.05, 4.69) is 5.16 Å². The first-order valence-electron chi connectivity index (χ1n) is 8.58. The Labute approximate surface area is 147 Å². The first-order chi connectivity index (χ1) is 11.7. The van der Waals surface area contributed by atoms with E-state index < -0.39 is 17.6 Å². The van der Waals surface area contributed by atoms with E-state index >= 15 is 0 Å². The Morgan fingerprint density at radius 1 is 1.48 bits per heavy atom. The van der Waals surface area contributed by atoms with E-state index in [9.17, 15) is 9.59 Å². The number of ether oxygens (including phenoxy) is 2. The number of carbonyl (C=O) groups is 2. The number of nitrogens with two attached hydrogens (primary N) is 1. The zero-order valence-electron chi connectivity index (χ0n) is 15.3. The highest BCUT2D eigenvalue weighted by atomic mass is 16.6. The lowest BCUT2D eigenvalue weighted by Gasteiger charge is -2.27. The predicted octanol–water partition coefficient (Wildman–Crippen LogP) is 2.18. The highest BCUT2D eigenvalue weighted by Crippen LogP contribution is 2.33. The topological polar surface area (TPSA) is 108 Å². The van der Waals surface area contributed by atoms with Crippen LogP contribution in [0, 0.1) is 0 Å². The summed E-state index contributed by atoms with van der Waals surface area (Å²) in [5.74, 6) is 0.0169. The van der Waals surface area contributed by atoms with Crippen molar-refractivity contribution in [2.24, 2.45) is 5.73 Å². The molecule has 2 rings (SSSR count). The lowest BCUT2D eigenvalue weighted by Crippen LogP contribution is -2.36. The van der Waals surface area contributed by atoms with Crippen molar-refractivity contribution in [1.29, 1.82) is 0 Å². The Hall–Kier alpha value is -2.09. The molecule has 0 radical (unpaired) electrons. The van der Waals surface area contributed by atoms with Crippen molar-refractivity contribution >= 4 is 12.1 Å². The van der Waals surface area contributed by atoms with Crippen LogP contribution in [0.15, 0.2) is 10.6 Å². The van der Waals surface area contributed by atoms with E-state index in [1.807, 2.05) is 20.8 Å². The lowest BCUT2D eigenvalue weighted by atomic mass is 10.1. The van der Waals surface area contributed by atoms with Crippen molar-refractivity contribution in [1.82, 2.24) is 10.1 Å². The molecule has 0 saturated carbocycles. The van der Waals surface area contributed by atoms with Crippen LogP contribution in [0.4, 0.5) is 4.79 Å². The summed E-state index contributed by atoms with van der Waals surface area (Å²) in [7, 11) is 0. The van der Waals surface area contributed by atoms with Gasteiger partial charge in [0.1, 0.15) is 23.1 Å². The third-order valence-corrected chi connectivity index (χ3v) is 3.81. The zero-order chi connectivity index (χ0) is 18.6. The van der Waals surface area contributed by atoms with Crippen molar-refractivity contribution in [3.63, 3.8) is 0 Å². The molecule has 1 amide bonds. The summed E-state index contributed by atoms with van der Waals surface area (Å²) in [5, 5.41) is 4.05. The number of likely N-dealkylation sites (tertiary alicyclic amines) is 1. The molecule has 25 heavy (non-hydrogen) atoms. The van der Waals surface area contributed by atoms with Crippen LogP contribution in [0.5, 0.6) is 0 Å². The molecule has 1 fully saturated rings. The number of rotatable bonds is 5. The molecule has 1 saturated heterocycles. The highest BCUT2D eigenvalue weighted by Gasteiger charge is 2.35. The minimum Gasteiger partial charge on any atom is -0.465 e. The van der Waals surface area contributed by atoms with Gasteiger partial charge in [0.25, 0.3) is 0 Å². The predicted molar refractivity (Wildman–Crippen MR) is 89.7 cm³/mol. The maximum Gasteiger partial charge on any atom is 0.410 e. The molecule has 8 nitrogen and oxygen atoms in total. The quantitative estimate of drug-likeness (QED) is 0.808. The molecule has 140 valence electrons. The molecule has 1 aliphatic heterocycles. The Kier molecular flexibility index (Phi) is 6.05. The van der Waals surface area contributed by atoms with Gasteiger partial charge in [0.15, 0.2) is 0 Å². The average molecular weight is 353 g/mol. The summed E-state index contributed by atoms with van der Waals surface area (Å²) in [6, 6.07) is 0.754. The van der Waals surface area contributed by atoms with Crippen molar-refractivity contribution in [2.75, 3.05) is 13.2 Å². The molecule has 0 bridgehead atoms. The fraction of sp³-hybridized carbons (Fsp3) is 0.706. The SMILES string of the molecule is CCOC(=O)[C@@H](N)Cc1cc([C@@H]2CCCN2C(=O)OC(C)(C)C)no1. The van der Waals surface area contributed by atoms with Crippen LogP contribution in [0.2, 0.25) is 0 Å². The van der Waals surface area contributed by atoms with E-state index in [0.29, 0.717) is 18.0 Å². The molecule has 0 aliphatic carbocycles. The fourth-order valence-electron chi connectivity index (χ4n) is 2.74. The van der Waals surface area contributed by atoms with Crippen LogP contribution in [-0.2, 0) is 20.7 Å². The molecule has 1 aliphatic rings. The smallest absolute Gasteiger partial charge is 0.410 e. The number of nitrogens with zero attached hydrogens (tertiary/aromatic N) is 2. The van der Waals surface area contributed by atoms with Crippen LogP contribution in [0.25, 0.3) is 0 Å². The normalized spacial score (nSPS) is 18.9. The summed E-state index contributed by atoms with van der Waals surface area (Å²) >= 11 is 0. The average Bonchev–Trinajstić information content (AvgIpc) is 3.13. The largest absolute Gasteiger partial charge is 0.465 e. The molecule has 1 aromatic heterocycles. The Balaban J connectivity index is 2.02. The van der Waals surface area contributed by atoms with Gasteiger partial charge >= 0.3 is 12.1 Å². The van der Waals surface area contributed by atoms with Gasteiger partial charge in [0.2, 0.25) is 0 Å². The van der Waals surface area contributed by atoms with Gasteiger partial charge in [-0.15, -0.1) is 0 Å². The number of esters is 1. The van der Waals surface area contributed by atoms with Crippen LogP contribution in [0.3, 0.4) is 0 Å². The number of aromatic nitrogens is 1. The fourth-order valence-corrected chi connectivity index (χ4v) is 2.74. The summed E-state index contributed by atoms with van der Waals surface area (Å²) in [4.78, 5) is 25.6. The van der Waals surface area contributed by atoms with Crippen molar-refractivity contribution in [3.05, 3.63) is 17.5 Å². The first-order valence-corrected chi connectivity index (χ1v) is 8.58. The molecule has 0 unspecified atom stereocenters. The zero-order valence-corrected chi connectivity index (χ0v) is 15.3. The van der Waals surface area contributed by atoms with Crippen LogP contribution < -0.4 is 5.73 Å². The summed E-state index contributed by atoms with van der Waals surface area (Å²) in [5.41, 5.74) is 5.89. The minimum atomic E-state index is -0.800. The number of hydrogen-bond acceptors (Lipinski definition) is 7. The molecule has 2 heterocycles. The molecule has 0 aromatic carbocycles. The summed E-state index contributed by atoms with van der Waals surface area (Å²) in [6.45, 7) is 8.12. The van der Waals surface area contributed by atoms with E-state index in [-0.39, 0.29) is 25.2 Å². The van der Waals surface area contributed by atoms with Crippen LogP contribution in [0.1, 0.15) is 58.0 Å². The Morgan fingerprint density at radius 2 is 2.20 bits per heavy atom. The van der Waals surface area contributed by atoms with E-state index in [1.54, 1.807) is 17.9 Å². The van der Waals surface area contributed by atoms with Gasteiger partial charge in [-0.3, -0.25) is 9.69 Å². The Bertz CT molecular complexity index is 608. The maximum atomic E-state index is 12.4. The van der Waals surface area contributed by atoms with Gasteiger partial charge in [-0.2, -0.15) is 0 Å². The van der Waals surface area contributed by atoms with Gasteiger partial charge in [0, 0.05) is 19.0 Å². The van der Waals surface area contributed by atoms with Gasteiger partial charge in [-0.1, -0.05) is 5.16 Å². The molecular weight excluding hydrogens is 326 g/mol. The standard InChI is InChI=1S/C17H27N3O5/c1-5-23-15(21)12(18)9-11-10-13(19-25-11)14-7-6-8-20(14)16(22)24-17(2,3)4/h10,12,14H,5-9,18H2,1-4H3/t12-,14-/m0/s1. The monoisotopic (exact) mass is 353 g/mol. The maximum absolute atomic E-state index is 12.4. The molecule has 2 N–H and O–H groups in total. The minimum absolute atomic E-state index is 0.189. The second-order valence-electron chi connectivity index (χ2n) is 7.11. The van der Waals surface area contributed by atoms with Crippen LogP contribution in [-0.4, -0.2) is 46.9 Å². The van der Waals surface area contributed by atoms with Crippen molar-refractivity contribution in [3.8, 4) is 0 Å². The first kappa shape index (κ1) is 19.2. The Morgan fingerprint density at radius 3 is 2.84 bits per heavy atom. The number of hydrogen-bond donors (Lipinski definition) is 1. The van der Waals surface area contributed by atoms with E-state index in [4.69, 9.17) is 19.7 Å². The van der Waals surface area contributed by atoms with E-state index in [1.165, 1.54) is 0 Å². The molecule has 8 heteroatoms.